The van der Waals surface area contributed by atoms with E-state index in [2.05, 4.69) is 10.2 Å². The summed E-state index contributed by atoms with van der Waals surface area (Å²) in [7, 11) is 0. The summed E-state index contributed by atoms with van der Waals surface area (Å²) in [5, 5.41) is 3.73. The van der Waals surface area contributed by atoms with Crippen molar-refractivity contribution in [3.05, 3.63) is 63.6 Å². The quantitative estimate of drug-likeness (QED) is 0.888. The third-order valence-electron chi connectivity index (χ3n) is 3.85. The van der Waals surface area contributed by atoms with E-state index in [4.69, 9.17) is 27.9 Å². The first-order valence-electron chi connectivity index (χ1n) is 7.77. The second-order valence-corrected chi connectivity index (χ2v) is 6.57. The molecular formula is C18H18Cl2N2O2. The van der Waals surface area contributed by atoms with Crippen LogP contribution >= 0.6 is 23.2 Å². The molecule has 0 atom stereocenters. The van der Waals surface area contributed by atoms with Gasteiger partial charge in [0.1, 0.15) is 0 Å². The number of nitrogens with one attached hydrogen (secondary N) is 1. The minimum atomic E-state index is -0.236. The Labute approximate surface area is 151 Å². The van der Waals surface area contributed by atoms with Crippen LogP contribution in [0.25, 0.3) is 0 Å². The molecule has 1 aliphatic heterocycles. The first kappa shape index (κ1) is 17.2. The second kappa shape index (κ2) is 7.99. The Hall–Kier alpha value is -1.59. The molecule has 2 aromatic rings. The summed E-state index contributed by atoms with van der Waals surface area (Å²) in [6.07, 6.45) is 0. The first-order valence-corrected chi connectivity index (χ1v) is 8.52. The molecule has 1 heterocycles. The maximum Gasteiger partial charge on any atom is 0.255 e. The predicted molar refractivity (Wildman–Crippen MR) is 97.0 cm³/mol. The van der Waals surface area contributed by atoms with Gasteiger partial charge < -0.3 is 10.1 Å². The van der Waals surface area contributed by atoms with Gasteiger partial charge in [-0.2, -0.15) is 0 Å². The lowest BCUT2D eigenvalue weighted by Crippen LogP contribution is -2.35. The highest BCUT2D eigenvalue weighted by Crippen LogP contribution is 2.20. The van der Waals surface area contributed by atoms with Gasteiger partial charge in [0, 0.05) is 40.9 Å². The van der Waals surface area contributed by atoms with E-state index < -0.39 is 0 Å². The number of anilines is 1. The van der Waals surface area contributed by atoms with Crippen molar-refractivity contribution in [1.82, 2.24) is 4.90 Å². The minimum Gasteiger partial charge on any atom is -0.379 e. The number of carbonyl (C=O) groups excluding carboxylic acids is 1. The summed E-state index contributed by atoms with van der Waals surface area (Å²) in [6, 6.07) is 12.6. The minimum absolute atomic E-state index is 0.236. The molecule has 0 aliphatic carbocycles. The summed E-state index contributed by atoms with van der Waals surface area (Å²) >= 11 is 11.9. The Balaban J connectivity index is 1.62. The van der Waals surface area contributed by atoms with Crippen LogP contribution in [0.3, 0.4) is 0 Å². The normalized spacial score (nSPS) is 15.2. The number of hydrogen-bond acceptors (Lipinski definition) is 3. The van der Waals surface area contributed by atoms with Crippen molar-refractivity contribution in [3.63, 3.8) is 0 Å². The number of halogens is 2. The van der Waals surface area contributed by atoms with Crippen LogP contribution in [0.1, 0.15) is 15.9 Å². The fourth-order valence-corrected chi connectivity index (χ4v) is 3.13. The van der Waals surface area contributed by atoms with E-state index in [1.165, 1.54) is 5.56 Å². The van der Waals surface area contributed by atoms with E-state index in [1.54, 1.807) is 18.2 Å². The third-order valence-corrected chi connectivity index (χ3v) is 4.28. The molecule has 1 fully saturated rings. The molecule has 0 bridgehead atoms. The van der Waals surface area contributed by atoms with E-state index >= 15 is 0 Å². The molecule has 126 valence electrons. The second-order valence-electron chi connectivity index (χ2n) is 5.70. The Morgan fingerprint density at radius 1 is 1.04 bits per heavy atom. The molecule has 0 radical (unpaired) electrons. The first-order chi connectivity index (χ1) is 11.6. The number of hydrogen-bond donors (Lipinski definition) is 1. The zero-order valence-corrected chi connectivity index (χ0v) is 14.6. The molecule has 1 aliphatic rings. The molecular weight excluding hydrogens is 347 g/mol. The van der Waals surface area contributed by atoms with E-state index in [-0.39, 0.29) is 5.91 Å². The van der Waals surface area contributed by atoms with E-state index in [9.17, 15) is 4.79 Å². The molecule has 0 saturated carbocycles. The van der Waals surface area contributed by atoms with Crippen molar-refractivity contribution in [2.75, 3.05) is 31.6 Å². The largest absolute Gasteiger partial charge is 0.379 e. The summed E-state index contributed by atoms with van der Waals surface area (Å²) < 4.78 is 5.35. The van der Waals surface area contributed by atoms with Crippen LogP contribution in [0.2, 0.25) is 10.0 Å². The smallest absolute Gasteiger partial charge is 0.255 e. The maximum atomic E-state index is 12.3. The van der Waals surface area contributed by atoms with Gasteiger partial charge in [0.05, 0.1) is 13.2 Å². The molecule has 6 heteroatoms. The standard InChI is InChI=1S/C18H18Cl2N2O2/c19-15-9-14(10-16(20)11-15)18(23)21-17-3-1-13(2-4-17)12-22-5-7-24-8-6-22/h1-4,9-11H,5-8,12H2,(H,21,23). The fourth-order valence-electron chi connectivity index (χ4n) is 2.60. The lowest BCUT2D eigenvalue weighted by Gasteiger charge is -2.26. The van der Waals surface area contributed by atoms with Gasteiger partial charge in [0.25, 0.3) is 5.91 Å². The zero-order chi connectivity index (χ0) is 16.9. The van der Waals surface area contributed by atoms with Crippen LogP contribution < -0.4 is 5.32 Å². The molecule has 0 unspecified atom stereocenters. The molecule has 24 heavy (non-hydrogen) atoms. The summed E-state index contributed by atoms with van der Waals surface area (Å²) in [6.45, 7) is 4.37. The highest BCUT2D eigenvalue weighted by atomic mass is 35.5. The SMILES string of the molecule is O=C(Nc1ccc(CN2CCOCC2)cc1)c1cc(Cl)cc(Cl)c1. The Morgan fingerprint density at radius 2 is 1.67 bits per heavy atom. The van der Waals surface area contributed by atoms with Gasteiger partial charge in [-0.05, 0) is 35.9 Å². The van der Waals surface area contributed by atoms with E-state index in [0.29, 0.717) is 15.6 Å². The topological polar surface area (TPSA) is 41.6 Å². The number of benzene rings is 2. The summed E-state index contributed by atoms with van der Waals surface area (Å²) in [5.74, 6) is -0.236. The van der Waals surface area contributed by atoms with Crippen LogP contribution in [0.4, 0.5) is 5.69 Å². The van der Waals surface area contributed by atoms with Gasteiger partial charge in [0.2, 0.25) is 0 Å². The van der Waals surface area contributed by atoms with E-state index in [1.807, 2.05) is 24.3 Å². The fraction of sp³-hybridized carbons (Fsp3) is 0.278. The number of carbonyl (C=O) groups is 1. The van der Waals surface area contributed by atoms with Gasteiger partial charge >= 0.3 is 0 Å². The molecule has 1 N–H and O–H groups in total. The summed E-state index contributed by atoms with van der Waals surface area (Å²) in [4.78, 5) is 14.6. The van der Waals surface area contributed by atoms with Crippen LogP contribution in [0, 0.1) is 0 Å². The number of ether oxygens (including phenoxy) is 1. The van der Waals surface area contributed by atoms with Gasteiger partial charge in [-0.25, -0.2) is 0 Å². The lowest BCUT2D eigenvalue weighted by atomic mass is 10.1. The van der Waals surface area contributed by atoms with Gasteiger partial charge in [0.15, 0.2) is 0 Å². The highest BCUT2D eigenvalue weighted by Gasteiger charge is 2.11. The number of amides is 1. The maximum absolute atomic E-state index is 12.3. The zero-order valence-electron chi connectivity index (χ0n) is 13.1. The van der Waals surface area contributed by atoms with Gasteiger partial charge in [-0.1, -0.05) is 35.3 Å². The van der Waals surface area contributed by atoms with E-state index in [0.717, 1.165) is 38.5 Å². The average Bonchev–Trinajstić information content (AvgIpc) is 2.57. The lowest BCUT2D eigenvalue weighted by molar-refractivity contribution is 0.0342. The molecule has 0 aromatic heterocycles. The average molecular weight is 365 g/mol. The van der Waals surface area contributed by atoms with Crippen LogP contribution in [0.5, 0.6) is 0 Å². The van der Waals surface area contributed by atoms with Crippen molar-refractivity contribution in [2.24, 2.45) is 0 Å². The number of nitrogens with zero attached hydrogens (tertiary/aromatic N) is 1. The van der Waals surface area contributed by atoms with Crippen LogP contribution in [-0.2, 0) is 11.3 Å². The molecule has 1 amide bonds. The summed E-state index contributed by atoms with van der Waals surface area (Å²) in [5.41, 5.74) is 2.38. The van der Waals surface area contributed by atoms with Crippen molar-refractivity contribution in [2.45, 2.75) is 6.54 Å². The van der Waals surface area contributed by atoms with Crippen molar-refractivity contribution >= 4 is 34.8 Å². The Morgan fingerprint density at radius 3 is 2.29 bits per heavy atom. The van der Waals surface area contributed by atoms with Crippen LogP contribution in [-0.4, -0.2) is 37.1 Å². The molecule has 2 aromatic carbocycles. The molecule has 1 saturated heterocycles. The number of rotatable bonds is 4. The van der Waals surface area contributed by atoms with Gasteiger partial charge in [-0.3, -0.25) is 9.69 Å². The third kappa shape index (κ3) is 4.71. The highest BCUT2D eigenvalue weighted by molar-refractivity contribution is 6.35. The van der Waals surface area contributed by atoms with Gasteiger partial charge in [-0.15, -0.1) is 0 Å². The Kier molecular flexibility index (Phi) is 5.74. The monoisotopic (exact) mass is 364 g/mol. The molecule has 0 spiro atoms. The Bertz CT molecular complexity index is 693. The van der Waals surface area contributed by atoms with Crippen LogP contribution in [0.15, 0.2) is 42.5 Å². The predicted octanol–water partition coefficient (Wildman–Crippen LogP) is 4.08. The number of morpholine rings is 1. The molecule has 4 nitrogen and oxygen atoms in total. The van der Waals surface area contributed by atoms with Crippen molar-refractivity contribution in [3.8, 4) is 0 Å². The van der Waals surface area contributed by atoms with Crippen molar-refractivity contribution < 1.29 is 9.53 Å². The molecule has 3 rings (SSSR count). The van der Waals surface area contributed by atoms with Crippen molar-refractivity contribution in [1.29, 1.82) is 0 Å².